The molecule has 0 saturated heterocycles. The molecular formula is C46H41N15O10S6. The van der Waals surface area contributed by atoms with Gasteiger partial charge in [-0.05, 0) is 24.6 Å². The van der Waals surface area contributed by atoms with Gasteiger partial charge in [-0.25, -0.2) is 45.6 Å². The number of anilines is 1. The Morgan fingerprint density at radius 2 is 1.53 bits per heavy atom. The molecule has 8 heterocycles. The number of nitrogens with two attached hydrogens (primary N) is 1. The fraction of sp³-hybridized carbons (Fsp3) is 0.239. The first kappa shape index (κ1) is 54.2. The summed E-state index contributed by atoms with van der Waals surface area (Å²) < 4.78 is 10.2. The number of benzene rings is 1. The highest BCUT2D eigenvalue weighted by Crippen LogP contribution is 2.40. The smallest absolute Gasteiger partial charge is 0.444 e. The van der Waals surface area contributed by atoms with Crippen molar-refractivity contribution >= 4 is 115 Å². The lowest BCUT2D eigenvalue weighted by Gasteiger charge is -2.23. The van der Waals surface area contributed by atoms with E-state index >= 15 is 0 Å². The number of ether oxygens (including phenoxy) is 2. The second kappa shape index (κ2) is 24.6. The minimum absolute atomic E-state index is 0.00845. The number of methoxy groups -OCH3 is 1. The number of hydrogen-bond acceptors (Lipinski definition) is 25. The molecule has 0 spiro atoms. The standard InChI is InChI=1S/C46H41N15O10S6/c1-20-32-39(67)59-45-58-34(28(77-45)15-69-3)38(66)49-14-31(63)56-35(36(64)21-7-5-4-6-8-21)44-54-27(18-74-44)42-52-25(16-73-42)33-22(9-10-23(50-33)41-55-29(19-75-41)60-61-46(68)70-11-12-71-47)40-53-26(17-72-40)37(65)51-24(13-30(62)48-2)43(57-32)76-20/h4-10,16-19,24,35-36,64H,11-15,47H2,1-3H3,(H,48,62)(H,49,66)(H,51,65)(H,56,63)(H,58,59,67)/t24-,35-,36-/m0/s1. The fourth-order valence-electron chi connectivity index (χ4n) is 7.25. The number of fused-ring (bicyclic) bond motifs is 14. The van der Waals surface area contributed by atoms with Gasteiger partial charge in [0.2, 0.25) is 11.8 Å². The van der Waals surface area contributed by atoms with E-state index in [1.165, 1.54) is 48.2 Å². The molecule has 0 unspecified atom stereocenters. The van der Waals surface area contributed by atoms with Crippen LogP contribution in [0.3, 0.4) is 0 Å². The van der Waals surface area contributed by atoms with Gasteiger partial charge in [0.25, 0.3) is 17.7 Å². The minimum Gasteiger partial charge on any atom is -0.444 e. The highest BCUT2D eigenvalue weighted by molar-refractivity contribution is 7.16. The summed E-state index contributed by atoms with van der Waals surface area (Å²) in [6.45, 7) is 0.914. The summed E-state index contributed by atoms with van der Waals surface area (Å²) in [6, 6.07) is 10.1. The maximum absolute atomic E-state index is 14.1. The summed E-state index contributed by atoms with van der Waals surface area (Å²) >= 11 is 6.84. The van der Waals surface area contributed by atoms with Crippen molar-refractivity contribution in [3.63, 3.8) is 0 Å². The van der Waals surface area contributed by atoms with Gasteiger partial charge < -0.3 is 40.7 Å². The van der Waals surface area contributed by atoms with Crippen LogP contribution in [0, 0.1) is 6.92 Å². The number of pyridine rings is 1. The molecule has 396 valence electrons. The molecule has 1 aliphatic rings. The lowest BCUT2D eigenvalue weighted by molar-refractivity contribution is -0.122. The second-order valence-corrected chi connectivity index (χ2v) is 21.8. The van der Waals surface area contributed by atoms with E-state index in [1.54, 1.807) is 70.9 Å². The summed E-state index contributed by atoms with van der Waals surface area (Å²) in [6.07, 6.45) is -2.48. The van der Waals surface area contributed by atoms with Crippen molar-refractivity contribution < 1.29 is 48.2 Å². The van der Waals surface area contributed by atoms with E-state index in [0.717, 1.165) is 34.0 Å². The lowest BCUT2D eigenvalue weighted by Crippen LogP contribution is -2.40. The number of nitrogens with one attached hydrogen (secondary N) is 5. The van der Waals surface area contributed by atoms with Gasteiger partial charge >= 0.3 is 6.09 Å². The summed E-state index contributed by atoms with van der Waals surface area (Å²) in [5.41, 5.74) is 2.41. The normalized spacial score (nSPS) is 15.6. The Kier molecular flexibility index (Phi) is 17.3. The quantitative estimate of drug-likeness (QED) is 0.0410. The average Bonchev–Trinajstić information content (AvgIpc) is 4.32. The number of hydrogen-bond donors (Lipinski definition) is 7. The molecule has 6 amide bonds. The monoisotopic (exact) mass is 1160 g/mol. The van der Waals surface area contributed by atoms with E-state index in [9.17, 15) is 33.9 Å². The third kappa shape index (κ3) is 12.8. The van der Waals surface area contributed by atoms with E-state index in [-0.39, 0.29) is 59.3 Å². The van der Waals surface area contributed by atoms with Gasteiger partial charge in [-0.2, -0.15) is 0 Å². The Morgan fingerprint density at radius 3 is 2.32 bits per heavy atom. The summed E-state index contributed by atoms with van der Waals surface area (Å²) in [7, 11) is 2.88. The van der Waals surface area contributed by atoms with Gasteiger partial charge in [0.05, 0.1) is 36.2 Å². The zero-order chi connectivity index (χ0) is 54.2. The molecule has 7 aromatic heterocycles. The van der Waals surface area contributed by atoms with E-state index in [2.05, 4.69) is 56.6 Å². The zero-order valence-corrected chi connectivity index (χ0v) is 45.2. The summed E-state index contributed by atoms with van der Waals surface area (Å²) in [5, 5.41) is 41.2. The first-order valence-corrected chi connectivity index (χ1v) is 27.8. The van der Waals surface area contributed by atoms with Crippen molar-refractivity contribution in [1.29, 1.82) is 0 Å². The predicted octanol–water partition coefficient (Wildman–Crippen LogP) is 6.55. The molecule has 8 N–H and O–H groups in total. The van der Waals surface area contributed by atoms with Crippen LogP contribution in [0.5, 0.6) is 0 Å². The highest BCUT2D eigenvalue weighted by atomic mass is 32.1. The van der Waals surface area contributed by atoms with Gasteiger partial charge in [-0.1, -0.05) is 46.8 Å². The van der Waals surface area contributed by atoms with Crippen LogP contribution >= 0.6 is 68.0 Å². The number of aryl methyl sites for hydroxylation is 1. The highest BCUT2D eigenvalue weighted by Gasteiger charge is 2.31. The molecule has 1 aliphatic heterocycles. The molecule has 31 heteroatoms. The molecule has 77 heavy (non-hydrogen) atoms. The molecule has 1 aromatic carbocycles. The number of carbonyl (C=O) groups excluding carboxylic acids is 6. The van der Waals surface area contributed by atoms with Crippen molar-refractivity contribution in [2.24, 2.45) is 16.1 Å². The number of aliphatic hydroxyl groups is 1. The molecule has 8 aromatic rings. The number of carbonyl (C=O) groups is 6. The van der Waals surface area contributed by atoms with Crippen LogP contribution in [0.15, 0.2) is 74.2 Å². The van der Waals surface area contributed by atoms with Crippen molar-refractivity contribution in [3.05, 3.63) is 106 Å². The SMILES string of the molecule is CNC(=O)C[C@@H]1NC(=O)c2csc(n2)-c2ccc(-c3nc(N=NC(=O)OCCON)cs3)nc2-c2csc(n2)-c2csc(n2)[C@H]([C@@H](O)c2ccccc2)NC(=O)CNC(=O)c2nc(sc2COC)NC(=O)c2nc1sc2C. The third-order valence-corrected chi connectivity index (χ3v) is 16.4. The van der Waals surface area contributed by atoms with Gasteiger partial charge in [0.1, 0.15) is 84.6 Å². The van der Waals surface area contributed by atoms with Crippen LogP contribution in [0.1, 0.15) is 81.4 Å². The van der Waals surface area contributed by atoms with E-state index in [0.29, 0.717) is 63.7 Å². The number of nitrogens with zero attached hydrogens (tertiary/aromatic N) is 9. The molecule has 0 aliphatic carbocycles. The fourth-order valence-corrected chi connectivity index (χ4v) is 12.4. The Balaban J connectivity index is 1.11. The average molecular weight is 1160 g/mol. The van der Waals surface area contributed by atoms with Crippen LogP contribution < -0.4 is 32.5 Å². The van der Waals surface area contributed by atoms with Crippen LogP contribution in [0.25, 0.3) is 43.4 Å². The Bertz CT molecular complexity index is 3520. The first-order valence-electron chi connectivity index (χ1n) is 22.6. The first-order chi connectivity index (χ1) is 37.3. The molecule has 3 atom stereocenters. The van der Waals surface area contributed by atoms with Crippen LogP contribution in [0.4, 0.5) is 15.7 Å². The number of aliphatic hydroxyl groups excluding tert-OH is 1. The van der Waals surface area contributed by atoms with Crippen molar-refractivity contribution in [2.75, 3.05) is 39.2 Å². The van der Waals surface area contributed by atoms with Crippen LogP contribution in [0.2, 0.25) is 0 Å². The third-order valence-electron chi connectivity index (χ3n) is 10.9. The second-order valence-electron chi connectivity index (χ2n) is 16.1. The van der Waals surface area contributed by atoms with Gasteiger partial charge in [0.15, 0.2) is 10.9 Å². The van der Waals surface area contributed by atoms with E-state index < -0.39 is 60.4 Å². The number of azo groups is 1. The van der Waals surface area contributed by atoms with Gasteiger partial charge in [0, 0.05) is 46.1 Å². The number of thiazole rings is 6. The van der Waals surface area contributed by atoms with E-state index in [1.807, 2.05) is 0 Å². The molecule has 9 rings (SSSR count). The van der Waals surface area contributed by atoms with Crippen molar-refractivity contribution in [1.82, 2.24) is 56.2 Å². The number of rotatable bonds is 11. The van der Waals surface area contributed by atoms with Crippen molar-refractivity contribution in [3.8, 4) is 43.4 Å². The molecule has 0 radical (unpaired) electrons. The topological polar surface area (TPSA) is 351 Å². The molecule has 0 saturated carbocycles. The largest absolute Gasteiger partial charge is 0.452 e. The molecule has 10 bridgehead atoms. The Morgan fingerprint density at radius 1 is 0.779 bits per heavy atom. The lowest BCUT2D eigenvalue weighted by atomic mass is 10.0. The Hall–Kier alpha value is -7.59. The molecular weight excluding hydrogens is 1120 g/mol. The van der Waals surface area contributed by atoms with E-state index in [4.69, 9.17) is 35.3 Å². The number of aromatic nitrogens is 7. The molecule has 25 nitrogen and oxygen atoms in total. The van der Waals surface area contributed by atoms with Crippen LogP contribution in [-0.4, -0.2) is 110 Å². The molecule has 0 fully saturated rings. The maximum atomic E-state index is 14.1. The number of amides is 6. The van der Waals surface area contributed by atoms with Crippen molar-refractivity contribution in [2.45, 2.75) is 38.1 Å². The van der Waals surface area contributed by atoms with Gasteiger partial charge in [-0.15, -0.1) is 61.8 Å². The Labute approximate surface area is 459 Å². The predicted molar refractivity (Wildman–Crippen MR) is 286 cm³/mol. The van der Waals surface area contributed by atoms with Gasteiger partial charge in [-0.3, -0.25) is 29.3 Å². The summed E-state index contributed by atoms with van der Waals surface area (Å²) in [4.78, 5) is 118. The zero-order valence-electron chi connectivity index (χ0n) is 40.3. The summed E-state index contributed by atoms with van der Waals surface area (Å²) in [5.74, 6) is 1.95. The maximum Gasteiger partial charge on any atom is 0.452 e. The van der Waals surface area contributed by atoms with Crippen LogP contribution in [-0.2, 0) is 30.5 Å². The minimum atomic E-state index is -1.28.